The fraction of sp³-hybridized carbons (Fsp3) is 0.154. The van der Waals surface area contributed by atoms with Gasteiger partial charge in [-0.1, -0.05) is 77.9 Å². The number of hydrogen-bond acceptors (Lipinski definition) is 3. The van der Waals surface area contributed by atoms with Gasteiger partial charge in [0.25, 0.3) is 5.91 Å². The third-order valence-corrected chi connectivity index (χ3v) is 5.91. The molecule has 0 fully saturated rings. The van der Waals surface area contributed by atoms with Crippen molar-refractivity contribution in [3.63, 3.8) is 0 Å². The van der Waals surface area contributed by atoms with Gasteiger partial charge in [0, 0.05) is 23.1 Å². The molecule has 0 unspecified atom stereocenters. The molecule has 0 aliphatic rings. The molecular formula is C26H24N2OS. The van der Waals surface area contributed by atoms with E-state index in [1.165, 1.54) is 22.5 Å². The number of carbonyl (C=O) groups is 1. The van der Waals surface area contributed by atoms with E-state index in [0.717, 1.165) is 28.4 Å². The summed E-state index contributed by atoms with van der Waals surface area (Å²) in [6.45, 7) is 4.66. The van der Waals surface area contributed by atoms with Crippen LogP contribution in [-0.2, 0) is 6.42 Å². The van der Waals surface area contributed by atoms with E-state index in [0.29, 0.717) is 12.1 Å². The lowest BCUT2D eigenvalue weighted by Crippen LogP contribution is -2.33. The SMILES string of the molecule is Cc1ccc(-c2csc(N(CCc3ccccc3)C(=O)c3cccc(C)c3)n2)cc1. The van der Waals surface area contributed by atoms with Crippen molar-refractivity contribution >= 4 is 22.4 Å². The second-order valence-corrected chi connectivity index (χ2v) is 8.28. The van der Waals surface area contributed by atoms with E-state index in [4.69, 9.17) is 4.98 Å². The van der Waals surface area contributed by atoms with Crippen molar-refractivity contribution in [1.29, 1.82) is 0 Å². The summed E-state index contributed by atoms with van der Waals surface area (Å²) in [7, 11) is 0. The van der Waals surface area contributed by atoms with Gasteiger partial charge in [0.2, 0.25) is 0 Å². The van der Waals surface area contributed by atoms with E-state index in [9.17, 15) is 4.79 Å². The molecule has 30 heavy (non-hydrogen) atoms. The van der Waals surface area contributed by atoms with Gasteiger partial charge in [-0.25, -0.2) is 4.98 Å². The highest BCUT2D eigenvalue weighted by molar-refractivity contribution is 7.14. The summed E-state index contributed by atoms with van der Waals surface area (Å²) in [6, 6.07) is 26.3. The van der Waals surface area contributed by atoms with Crippen LogP contribution in [0.2, 0.25) is 0 Å². The second kappa shape index (κ2) is 9.06. The summed E-state index contributed by atoms with van der Waals surface area (Å²) in [5.74, 6) is -0.0144. The highest BCUT2D eigenvalue weighted by Gasteiger charge is 2.21. The minimum atomic E-state index is -0.0144. The van der Waals surface area contributed by atoms with Crippen molar-refractivity contribution in [2.45, 2.75) is 20.3 Å². The predicted octanol–water partition coefficient (Wildman–Crippen LogP) is 6.32. The Morgan fingerprint density at radius 2 is 1.67 bits per heavy atom. The average molecular weight is 413 g/mol. The Morgan fingerprint density at radius 1 is 0.900 bits per heavy atom. The van der Waals surface area contributed by atoms with Gasteiger partial charge in [0.15, 0.2) is 5.13 Å². The molecule has 1 heterocycles. The van der Waals surface area contributed by atoms with Crippen LogP contribution in [-0.4, -0.2) is 17.4 Å². The molecule has 3 aromatic carbocycles. The topological polar surface area (TPSA) is 33.2 Å². The van der Waals surface area contributed by atoms with E-state index < -0.39 is 0 Å². The standard InChI is InChI=1S/C26H24N2OS/c1-19-11-13-22(14-12-19)24-18-30-26(27-24)28(16-15-21-8-4-3-5-9-21)25(29)23-10-6-7-20(2)17-23/h3-14,17-18H,15-16H2,1-2H3. The van der Waals surface area contributed by atoms with Crippen molar-refractivity contribution in [3.8, 4) is 11.3 Å². The number of aromatic nitrogens is 1. The lowest BCUT2D eigenvalue weighted by atomic mass is 10.1. The Bertz CT molecular complexity index is 1130. The van der Waals surface area contributed by atoms with Gasteiger partial charge in [0.05, 0.1) is 5.69 Å². The van der Waals surface area contributed by atoms with Crippen LogP contribution in [0.4, 0.5) is 5.13 Å². The third kappa shape index (κ3) is 4.66. The summed E-state index contributed by atoms with van der Waals surface area (Å²) < 4.78 is 0. The highest BCUT2D eigenvalue weighted by Crippen LogP contribution is 2.29. The molecule has 4 aromatic rings. The zero-order valence-corrected chi connectivity index (χ0v) is 18.0. The van der Waals surface area contributed by atoms with Gasteiger partial charge in [-0.05, 0) is 38.0 Å². The van der Waals surface area contributed by atoms with E-state index in [-0.39, 0.29) is 5.91 Å². The molecule has 0 aliphatic heterocycles. The fourth-order valence-electron chi connectivity index (χ4n) is 3.35. The van der Waals surface area contributed by atoms with Crippen LogP contribution in [0.15, 0.2) is 84.2 Å². The Balaban J connectivity index is 1.64. The fourth-order valence-corrected chi connectivity index (χ4v) is 4.21. The smallest absolute Gasteiger partial charge is 0.260 e. The van der Waals surface area contributed by atoms with Crippen LogP contribution < -0.4 is 4.90 Å². The number of rotatable bonds is 6. The number of hydrogen-bond donors (Lipinski definition) is 0. The molecule has 0 atom stereocenters. The molecule has 0 spiro atoms. The molecule has 1 aromatic heterocycles. The van der Waals surface area contributed by atoms with E-state index >= 15 is 0 Å². The van der Waals surface area contributed by atoms with Crippen LogP contribution in [0.25, 0.3) is 11.3 Å². The molecule has 3 nitrogen and oxygen atoms in total. The largest absolute Gasteiger partial charge is 0.284 e. The summed E-state index contributed by atoms with van der Waals surface area (Å²) >= 11 is 1.51. The molecule has 1 amide bonds. The Hall–Kier alpha value is -3.24. The van der Waals surface area contributed by atoms with Crippen LogP contribution in [0.5, 0.6) is 0 Å². The van der Waals surface area contributed by atoms with Crippen LogP contribution in [0.1, 0.15) is 27.0 Å². The molecule has 0 aliphatic carbocycles. The van der Waals surface area contributed by atoms with Gasteiger partial charge in [-0.15, -0.1) is 11.3 Å². The zero-order chi connectivity index (χ0) is 20.9. The van der Waals surface area contributed by atoms with Crippen molar-refractivity contribution < 1.29 is 4.79 Å². The maximum absolute atomic E-state index is 13.4. The Labute approximate surface area is 181 Å². The van der Waals surface area contributed by atoms with Gasteiger partial charge in [-0.3, -0.25) is 9.69 Å². The number of aryl methyl sites for hydroxylation is 2. The molecule has 0 N–H and O–H groups in total. The maximum Gasteiger partial charge on any atom is 0.260 e. The van der Waals surface area contributed by atoms with Gasteiger partial charge in [0.1, 0.15) is 0 Å². The maximum atomic E-state index is 13.4. The summed E-state index contributed by atoms with van der Waals surface area (Å²) in [4.78, 5) is 20.0. The monoisotopic (exact) mass is 412 g/mol. The molecule has 0 saturated carbocycles. The second-order valence-electron chi connectivity index (χ2n) is 7.44. The number of benzene rings is 3. The van der Waals surface area contributed by atoms with E-state index in [1.807, 2.05) is 59.7 Å². The van der Waals surface area contributed by atoms with Gasteiger partial charge >= 0.3 is 0 Å². The molecule has 0 bridgehead atoms. The molecule has 150 valence electrons. The number of nitrogens with zero attached hydrogens (tertiary/aromatic N) is 2. The minimum Gasteiger partial charge on any atom is -0.284 e. The molecule has 4 rings (SSSR count). The summed E-state index contributed by atoms with van der Waals surface area (Å²) in [6.07, 6.45) is 0.776. The van der Waals surface area contributed by atoms with E-state index in [1.54, 1.807) is 0 Å². The first-order valence-corrected chi connectivity index (χ1v) is 10.9. The first-order valence-electron chi connectivity index (χ1n) is 10.1. The van der Waals surface area contributed by atoms with Crippen molar-refractivity contribution in [2.24, 2.45) is 0 Å². The first kappa shape index (κ1) is 20.0. The summed E-state index contributed by atoms with van der Waals surface area (Å²) in [5, 5.41) is 2.76. The number of amides is 1. The Morgan fingerprint density at radius 3 is 2.40 bits per heavy atom. The zero-order valence-electron chi connectivity index (χ0n) is 17.2. The summed E-state index contributed by atoms with van der Waals surface area (Å²) in [5.41, 5.74) is 6.15. The first-order chi connectivity index (χ1) is 14.6. The number of anilines is 1. The molecule has 4 heteroatoms. The van der Waals surface area contributed by atoms with Gasteiger partial charge < -0.3 is 0 Å². The number of carbonyl (C=O) groups excluding carboxylic acids is 1. The molecule has 0 saturated heterocycles. The van der Waals surface area contributed by atoms with Crippen molar-refractivity contribution in [2.75, 3.05) is 11.4 Å². The quantitative estimate of drug-likeness (QED) is 0.371. The van der Waals surface area contributed by atoms with E-state index in [2.05, 4.69) is 43.3 Å². The van der Waals surface area contributed by atoms with Crippen LogP contribution >= 0.6 is 11.3 Å². The average Bonchev–Trinajstić information content (AvgIpc) is 3.25. The van der Waals surface area contributed by atoms with Crippen molar-refractivity contribution in [3.05, 3.63) is 106 Å². The van der Waals surface area contributed by atoms with Crippen LogP contribution in [0.3, 0.4) is 0 Å². The normalized spacial score (nSPS) is 10.7. The highest BCUT2D eigenvalue weighted by atomic mass is 32.1. The minimum absolute atomic E-state index is 0.0144. The Kier molecular flexibility index (Phi) is 6.05. The number of thiazole rings is 1. The predicted molar refractivity (Wildman–Crippen MR) is 125 cm³/mol. The lowest BCUT2D eigenvalue weighted by molar-refractivity contribution is 0.0987. The van der Waals surface area contributed by atoms with Gasteiger partial charge in [-0.2, -0.15) is 0 Å². The van der Waals surface area contributed by atoms with Crippen LogP contribution in [0, 0.1) is 13.8 Å². The third-order valence-electron chi connectivity index (χ3n) is 5.05. The molecular weight excluding hydrogens is 388 g/mol. The lowest BCUT2D eigenvalue weighted by Gasteiger charge is -2.20. The van der Waals surface area contributed by atoms with Crippen molar-refractivity contribution in [1.82, 2.24) is 4.98 Å². The molecule has 0 radical (unpaired) electrons.